The average molecular weight is 398 g/mol. The number of benzene rings is 1. The topological polar surface area (TPSA) is 64.3 Å². The summed E-state index contributed by atoms with van der Waals surface area (Å²) in [5.41, 5.74) is 1.97. The Bertz CT molecular complexity index is 1160. The van der Waals surface area contributed by atoms with Crippen LogP contribution in [0.1, 0.15) is 6.42 Å². The van der Waals surface area contributed by atoms with Crippen LogP contribution < -0.4 is 10.1 Å². The van der Waals surface area contributed by atoms with Crippen molar-refractivity contribution < 1.29 is 9.13 Å². The van der Waals surface area contributed by atoms with Gasteiger partial charge in [-0.3, -0.25) is 4.40 Å². The van der Waals surface area contributed by atoms with Crippen molar-refractivity contribution in [1.82, 2.24) is 24.9 Å². The Kier molecular flexibility index (Phi) is 4.33. The summed E-state index contributed by atoms with van der Waals surface area (Å²) in [7, 11) is 0. The van der Waals surface area contributed by atoms with Gasteiger partial charge in [0, 0.05) is 29.2 Å². The number of para-hydroxylation sites is 1. The summed E-state index contributed by atoms with van der Waals surface area (Å²) < 4.78 is 22.0. The van der Waals surface area contributed by atoms with Gasteiger partial charge in [-0.25, -0.2) is 9.37 Å². The average Bonchev–Trinajstić information content (AvgIpc) is 3.12. The summed E-state index contributed by atoms with van der Waals surface area (Å²) >= 11 is 6.03. The first-order valence-electron chi connectivity index (χ1n) is 9.11. The zero-order chi connectivity index (χ0) is 19.1. The van der Waals surface area contributed by atoms with Crippen LogP contribution in [0.2, 0.25) is 5.02 Å². The number of nitrogens with one attached hydrogen (secondary N) is 1. The second kappa shape index (κ2) is 7.00. The maximum Gasteiger partial charge on any atom is 0.187 e. The van der Waals surface area contributed by atoms with Crippen molar-refractivity contribution >= 4 is 28.2 Å². The van der Waals surface area contributed by atoms with Gasteiger partial charge in [-0.2, -0.15) is 0 Å². The first kappa shape index (κ1) is 17.3. The second-order valence-electron chi connectivity index (χ2n) is 6.79. The summed E-state index contributed by atoms with van der Waals surface area (Å²) in [5, 5.41) is 13.0. The number of hydrogen-bond donors (Lipinski definition) is 1. The van der Waals surface area contributed by atoms with Crippen LogP contribution in [0.3, 0.4) is 0 Å². The molecule has 5 rings (SSSR count). The van der Waals surface area contributed by atoms with Crippen LogP contribution in [0, 0.1) is 0 Å². The first-order chi connectivity index (χ1) is 13.7. The van der Waals surface area contributed by atoms with Crippen molar-refractivity contribution in [2.24, 2.45) is 0 Å². The SMILES string of the molecule is F[C@H]1CNCC[C@@H]1Oc1cccc2ccc(-c3nnc4cc(Cl)ccn34)nc12. The van der Waals surface area contributed by atoms with Crippen LogP contribution in [0.4, 0.5) is 4.39 Å². The number of halogens is 2. The molecule has 2 atom stereocenters. The van der Waals surface area contributed by atoms with Crippen LogP contribution in [-0.2, 0) is 0 Å². The predicted molar refractivity (Wildman–Crippen MR) is 106 cm³/mol. The molecule has 0 aliphatic carbocycles. The van der Waals surface area contributed by atoms with E-state index in [2.05, 4.69) is 15.5 Å². The lowest BCUT2D eigenvalue weighted by Gasteiger charge is -2.27. The number of hydrogen-bond acceptors (Lipinski definition) is 5. The molecule has 4 aromatic rings. The Hall–Kier alpha value is -2.77. The van der Waals surface area contributed by atoms with E-state index >= 15 is 0 Å². The molecular formula is C20H17ClFN5O. The fourth-order valence-electron chi connectivity index (χ4n) is 3.47. The van der Waals surface area contributed by atoms with E-state index < -0.39 is 12.3 Å². The van der Waals surface area contributed by atoms with Gasteiger partial charge in [0.05, 0.1) is 0 Å². The largest absolute Gasteiger partial charge is 0.485 e. The van der Waals surface area contributed by atoms with E-state index in [4.69, 9.17) is 21.3 Å². The predicted octanol–water partition coefficient (Wildman–Crippen LogP) is 3.68. The van der Waals surface area contributed by atoms with E-state index in [-0.39, 0.29) is 0 Å². The van der Waals surface area contributed by atoms with Crippen LogP contribution in [-0.4, -0.2) is 44.9 Å². The van der Waals surface area contributed by atoms with Crippen molar-refractivity contribution in [2.45, 2.75) is 18.7 Å². The standard InChI is InChI=1S/C20H17ClFN5O/c21-13-7-9-27-18(10-13)25-26-20(27)15-5-4-12-2-1-3-17(19(12)24-15)28-16-6-8-23-11-14(16)22/h1-5,7,9-10,14,16,23H,6,8,11H2/t14-,16-/m0/s1. The number of aromatic nitrogens is 4. The van der Waals surface area contributed by atoms with Gasteiger partial charge >= 0.3 is 0 Å². The molecule has 28 heavy (non-hydrogen) atoms. The monoisotopic (exact) mass is 397 g/mol. The Morgan fingerprint density at radius 2 is 2.11 bits per heavy atom. The van der Waals surface area contributed by atoms with Gasteiger partial charge in [0.15, 0.2) is 11.5 Å². The molecule has 0 spiro atoms. The number of fused-ring (bicyclic) bond motifs is 2. The lowest BCUT2D eigenvalue weighted by Crippen LogP contribution is -2.44. The lowest BCUT2D eigenvalue weighted by molar-refractivity contribution is 0.0742. The van der Waals surface area contributed by atoms with E-state index in [1.807, 2.05) is 40.9 Å². The third-order valence-electron chi connectivity index (χ3n) is 4.91. The molecule has 1 fully saturated rings. The summed E-state index contributed by atoms with van der Waals surface area (Å²) in [6.07, 6.45) is 0.905. The number of nitrogens with zero attached hydrogens (tertiary/aromatic N) is 4. The van der Waals surface area contributed by atoms with Crippen LogP contribution >= 0.6 is 11.6 Å². The van der Waals surface area contributed by atoms with E-state index in [9.17, 15) is 4.39 Å². The van der Waals surface area contributed by atoms with E-state index in [0.717, 1.165) is 11.9 Å². The molecule has 0 saturated carbocycles. The summed E-state index contributed by atoms with van der Waals surface area (Å²) in [4.78, 5) is 4.76. The van der Waals surface area contributed by atoms with E-state index in [1.54, 1.807) is 12.1 Å². The minimum Gasteiger partial charge on any atom is -0.485 e. The molecule has 4 heterocycles. The molecule has 3 aromatic heterocycles. The molecule has 1 aliphatic rings. The molecule has 0 unspecified atom stereocenters. The van der Waals surface area contributed by atoms with Crippen molar-refractivity contribution in [3.05, 3.63) is 53.7 Å². The molecule has 6 nitrogen and oxygen atoms in total. The molecular weight excluding hydrogens is 381 g/mol. The highest BCUT2D eigenvalue weighted by atomic mass is 35.5. The molecule has 1 aromatic carbocycles. The number of ether oxygens (including phenoxy) is 1. The summed E-state index contributed by atoms with van der Waals surface area (Å²) in [6, 6.07) is 13.0. The smallest absolute Gasteiger partial charge is 0.187 e. The van der Waals surface area contributed by atoms with Crippen LogP contribution in [0.15, 0.2) is 48.7 Å². The first-order valence-corrected chi connectivity index (χ1v) is 9.49. The van der Waals surface area contributed by atoms with Gasteiger partial charge in [-0.15, -0.1) is 10.2 Å². The van der Waals surface area contributed by atoms with Crippen LogP contribution in [0.5, 0.6) is 5.75 Å². The van der Waals surface area contributed by atoms with Gasteiger partial charge in [-0.1, -0.05) is 29.8 Å². The van der Waals surface area contributed by atoms with Gasteiger partial charge < -0.3 is 10.1 Å². The minimum absolute atomic E-state index is 0.308. The molecule has 0 amide bonds. The highest BCUT2D eigenvalue weighted by molar-refractivity contribution is 6.30. The van der Waals surface area contributed by atoms with Crippen molar-refractivity contribution in [3.63, 3.8) is 0 Å². The maximum absolute atomic E-state index is 14.2. The molecule has 1 saturated heterocycles. The highest BCUT2D eigenvalue weighted by Crippen LogP contribution is 2.29. The van der Waals surface area contributed by atoms with Gasteiger partial charge in [0.1, 0.15) is 29.2 Å². The van der Waals surface area contributed by atoms with Crippen molar-refractivity contribution in [2.75, 3.05) is 13.1 Å². The second-order valence-corrected chi connectivity index (χ2v) is 7.22. The third kappa shape index (κ3) is 3.06. The highest BCUT2D eigenvalue weighted by Gasteiger charge is 2.27. The van der Waals surface area contributed by atoms with Gasteiger partial charge in [-0.05, 0) is 31.2 Å². The molecule has 0 bridgehead atoms. The maximum atomic E-state index is 14.2. The van der Waals surface area contributed by atoms with Crippen molar-refractivity contribution in [3.8, 4) is 17.3 Å². The number of rotatable bonds is 3. The quantitative estimate of drug-likeness (QED) is 0.571. The summed E-state index contributed by atoms with van der Waals surface area (Å²) in [5.74, 6) is 1.18. The molecule has 0 radical (unpaired) electrons. The molecule has 8 heteroatoms. The molecule has 1 N–H and O–H groups in total. The Labute approximate surface area is 165 Å². The Balaban J connectivity index is 1.58. The normalized spacial score (nSPS) is 19.9. The third-order valence-corrected chi connectivity index (χ3v) is 5.15. The zero-order valence-electron chi connectivity index (χ0n) is 14.8. The van der Waals surface area contributed by atoms with Crippen molar-refractivity contribution in [1.29, 1.82) is 0 Å². The zero-order valence-corrected chi connectivity index (χ0v) is 15.6. The lowest BCUT2D eigenvalue weighted by atomic mass is 10.1. The number of pyridine rings is 2. The van der Waals surface area contributed by atoms with Gasteiger partial charge in [0.2, 0.25) is 0 Å². The number of piperidine rings is 1. The Morgan fingerprint density at radius 3 is 3.00 bits per heavy atom. The van der Waals surface area contributed by atoms with Crippen LogP contribution in [0.25, 0.3) is 28.1 Å². The fraction of sp³-hybridized carbons (Fsp3) is 0.250. The summed E-state index contributed by atoms with van der Waals surface area (Å²) in [6.45, 7) is 1.05. The van der Waals surface area contributed by atoms with E-state index in [1.165, 1.54) is 0 Å². The number of alkyl halides is 1. The Morgan fingerprint density at radius 1 is 1.18 bits per heavy atom. The fourth-order valence-corrected chi connectivity index (χ4v) is 3.63. The molecule has 1 aliphatic heterocycles. The minimum atomic E-state index is -1.04. The van der Waals surface area contributed by atoms with Gasteiger partial charge in [0.25, 0.3) is 0 Å². The molecule has 142 valence electrons. The van der Waals surface area contributed by atoms with E-state index in [0.29, 0.717) is 46.4 Å².